The van der Waals surface area contributed by atoms with Gasteiger partial charge in [-0.05, 0) is 36.2 Å². The van der Waals surface area contributed by atoms with Crippen LogP contribution in [0.5, 0.6) is 11.5 Å². The summed E-state index contributed by atoms with van der Waals surface area (Å²) in [7, 11) is 1.52. The van der Waals surface area contributed by atoms with Crippen LogP contribution < -0.4 is 14.8 Å². The van der Waals surface area contributed by atoms with Gasteiger partial charge in [-0.2, -0.15) is 5.26 Å². The van der Waals surface area contributed by atoms with Gasteiger partial charge in [0.2, 0.25) is 5.91 Å². The first-order valence-electron chi connectivity index (χ1n) is 9.27. The summed E-state index contributed by atoms with van der Waals surface area (Å²) in [6.45, 7) is 0.355. The summed E-state index contributed by atoms with van der Waals surface area (Å²) in [5.74, 6) is 0.921. The number of ether oxygens (including phenoxy) is 2. The van der Waals surface area contributed by atoms with E-state index in [1.807, 2.05) is 24.3 Å². The van der Waals surface area contributed by atoms with Gasteiger partial charge in [-0.3, -0.25) is 4.79 Å². The number of hydrogen-bond acceptors (Lipinski definition) is 6. The molecule has 0 saturated carbocycles. The van der Waals surface area contributed by atoms with E-state index in [9.17, 15) is 4.79 Å². The third-order valence-corrected chi connectivity index (χ3v) is 5.31. The SMILES string of the molecule is COc1cc(C#N)ccc1OCCCC(=O)Nc1ncc(Cc2cccc(Cl)c2)s1. The van der Waals surface area contributed by atoms with Crippen molar-refractivity contribution in [2.75, 3.05) is 19.0 Å². The van der Waals surface area contributed by atoms with E-state index < -0.39 is 0 Å². The highest BCUT2D eigenvalue weighted by Crippen LogP contribution is 2.28. The normalized spacial score (nSPS) is 10.3. The number of nitrogens with zero attached hydrogens (tertiary/aromatic N) is 2. The second kappa shape index (κ2) is 10.6. The molecule has 0 fully saturated rings. The Labute approximate surface area is 184 Å². The van der Waals surface area contributed by atoms with E-state index in [4.69, 9.17) is 26.3 Å². The molecule has 0 aliphatic rings. The predicted molar refractivity (Wildman–Crippen MR) is 117 cm³/mol. The lowest BCUT2D eigenvalue weighted by Gasteiger charge is -2.10. The zero-order valence-electron chi connectivity index (χ0n) is 16.4. The van der Waals surface area contributed by atoms with Crippen molar-refractivity contribution < 1.29 is 14.3 Å². The summed E-state index contributed by atoms with van der Waals surface area (Å²) in [6.07, 6.45) is 3.33. The second-order valence-corrected chi connectivity index (χ2v) is 7.97. The number of halogens is 1. The van der Waals surface area contributed by atoms with Crippen LogP contribution in [0.1, 0.15) is 28.8 Å². The van der Waals surface area contributed by atoms with E-state index in [2.05, 4.69) is 16.4 Å². The molecule has 1 heterocycles. The van der Waals surface area contributed by atoms with Gasteiger partial charge in [-0.1, -0.05) is 23.7 Å². The van der Waals surface area contributed by atoms with Crippen LogP contribution in [0.25, 0.3) is 0 Å². The largest absolute Gasteiger partial charge is 0.493 e. The third kappa shape index (κ3) is 6.21. The number of anilines is 1. The van der Waals surface area contributed by atoms with E-state index in [1.54, 1.807) is 24.4 Å². The number of carbonyl (C=O) groups is 1. The molecule has 2 aromatic carbocycles. The van der Waals surface area contributed by atoms with Crippen LogP contribution in [-0.4, -0.2) is 24.6 Å². The molecule has 0 spiro atoms. The molecular weight excluding hydrogens is 422 g/mol. The quantitative estimate of drug-likeness (QED) is 0.469. The molecule has 0 saturated heterocycles. The maximum atomic E-state index is 12.2. The first kappa shape index (κ1) is 21.6. The Morgan fingerprint density at radius 2 is 2.13 bits per heavy atom. The van der Waals surface area contributed by atoms with Crippen LogP contribution in [0.3, 0.4) is 0 Å². The molecule has 3 rings (SSSR count). The Bertz CT molecular complexity index is 1060. The van der Waals surface area contributed by atoms with Gasteiger partial charge in [0.25, 0.3) is 0 Å². The molecule has 0 aliphatic carbocycles. The Kier molecular flexibility index (Phi) is 7.66. The van der Waals surface area contributed by atoms with Crippen molar-refractivity contribution in [3.05, 3.63) is 69.7 Å². The van der Waals surface area contributed by atoms with Gasteiger partial charge in [0, 0.05) is 35.0 Å². The van der Waals surface area contributed by atoms with Crippen LogP contribution >= 0.6 is 22.9 Å². The lowest BCUT2D eigenvalue weighted by molar-refractivity contribution is -0.116. The number of hydrogen-bond donors (Lipinski definition) is 1. The summed E-state index contributed by atoms with van der Waals surface area (Å²) in [5.41, 5.74) is 1.59. The summed E-state index contributed by atoms with van der Waals surface area (Å²) in [4.78, 5) is 17.5. The Balaban J connectivity index is 1.43. The monoisotopic (exact) mass is 441 g/mol. The van der Waals surface area contributed by atoms with E-state index in [0.717, 1.165) is 10.4 Å². The molecule has 0 aliphatic heterocycles. The molecule has 0 radical (unpaired) electrons. The summed E-state index contributed by atoms with van der Waals surface area (Å²) in [5, 5.41) is 13.0. The fourth-order valence-corrected chi connectivity index (χ4v) is 3.82. The molecule has 1 aromatic heterocycles. The molecule has 1 N–H and O–H groups in total. The van der Waals surface area contributed by atoms with Gasteiger partial charge in [0.15, 0.2) is 16.6 Å². The van der Waals surface area contributed by atoms with Crippen LogP contribution in [0.15, 0.2) is 48.7 Å². The Hall–Kier alpha value is -3.08. The number of aromatic nitrogens is 1. The minimum absolute atomic E-state index is 0.117. The van der Waals surface area contributed by atoms with Crippen LogP contribution in [0.2, 0.25) is 5.02 Å². The average Bonchev–Trinajstić information content (AvgIpc) is 3.17. The van der Waals surface area contributed by atoms with Gasteiger partial charge >= 0.3 is 0 Å². The van der Waals surface area contributed by atoms with Gasteiger partial charge in [-0.15, -0.1) is 11.3 Å². The van der Waals surface area contributed by atoms with Crippen molar-refractivity contribution in [3.8, 4) is 17.6 Å². The molecule has 0 bridgehead atoms. The number of thiazole rings is 1. The van der Waals surface area contributed by atoms with Crippen LogP contribution in [0, 0.1) is 11.3 Å². The van der Waals surface area contributed by atoms with Crippen molar-refractivity contribution in [3.63, 3.8) is 0 Å². The van der Waals surface area contributed by atoms with E-state index >= 15 is 0 Å². The molecule has 1 amide bonds. The highest BCUT2D eigenvalue weighted by molar-refractivity contribution is 7.15. The number of nitrogens with one attached hydrogen (secondary N) is 1. The fourth-order valence-electron chi connectivity index (χ4n) is 2.75. The molecule has 0 unspecified atom stereocenters. The number of nitriles is 1. The second-order valence-electron chi connectivity index (χ2n) is 6.42. The molecule has 3 aromatic rings. The predicted octanol–water partition coefficient (Wildman–Crippen LogP) is 5.07. The van der Waals surface area contributed by atoms with Crippen molar-refractivity contribution in [1.29, 1.82) is 5.26 Å². The number of methoxy groups -OCH3 is 1. The topological polar surface area (TPSA) is 84.2 Å². The van der Waals surface area contributed by atoms with Crippen molar-refractivity contribution in [2.24, 2.45) is 0 Å². The smallest absolute Gasteiger partial charge is 0.226 e. The van der Waals surface area contributed by atoms with Gasteiger partial charge < -0.3 is 14.8 Å². The standard InChI is InChI=1S/C22H20ClN3O3S/c1-28-20-12-16(13-24)7-8-19(20)29-9-3-6-21(27)26-22-25-14-18(30-22)11-15-4-2-5-17(23)10-15/h2,4-5,7-8,10,12,14H,3,6,9,11H2,1H3,(H,25,26,27). The van der Waals surface area contributed by atoms with Crippen LogP contribution in [0.4, 0.5) is 5.13 Å². The van der Waals surface area contributed by atoms with Crippen LogP contribution in [-0.2, 0) is 11.2 Å². The minimum Gasteiger partial charge on any atom is -0.493 e. The molecular formula is C22H20ClN3O3S. The minimum atomic E-state index is -0.117. The van der Waals surface area contributed by atoms with Crippen molar-refractivity contribution in [1.82, 2.24) is 4.98 Å². The van der Waals surface area contributed by atoms with Crippen molar-refractivity contribution >= 4 is 34.0 Å². The zero-order chi connectivity index (χ0) is 21.3. The van der Waals surface area contributed by atoms with Gasteiger partial charge in [-0.25, -0.2) is 4.98 Å². The highest BCUT2D eigenvalue weighted by atomic mass is 35.5. The number of rotatable bonds is 9. The Morgan fingerprint density at radius 1 is 1.27 bits per heavy atom. The summed E-state index contributed by atoms with van der Waals surface area (Å²) < 4.78 is 10.9. The lowest BCUT2D eigenvalue weighted by Crippen LogP contribution is -2.12. The Morgan fingerprint density at radius 3 is 2.90 bits per heavy atom. The van der Waals surface area contributed by atoms with E-state index in [1.165, 1.54) is 18.4 Å². The van der Waals surface area contributed by atoms with Gasteiger partial charge in [0.1, 0.15) is 0 Å². The molecule has 0 atom stereocenters. The summed E-state index contributed by atoms with van der Waals surface area (Å²) >= 11 is 7.46. The average molecular weight is 442 g/mol. The zero-order valence-corrected chi connectivity index (χ0v) is 17.9. The van der Waals surface area contributed by atoms with Crippen molar-refractivity contribution in [2.45, 2.75) is 19.3 Å². The summed E-state index contributed by atoms with van der Waals surface area (Å²) in [6, 6.07) is 14.7. The maximum absolute atomic E-state index is 12.2. The van der Waals surface area contributed by atoms with Gasteiger partial charge in [0.05, 0.1) is 25.3 Å². The fraction of sp³-hybridized carbons (Fsp3) is 0.227. The number of carbonyl (C=O) groups excluding carboxylic acids is 1. The lowest BCUT2D eigenvalue weighted by atomic mass is 10.1. The molecule has 8 heteroatoms. The number of amides is 1. The highest BCUT2D eigenvalue weighted by Gasteiger charge is 2.09. The van der Waals surface area contributed by atoms with E-state index in [-0.39, 0.29) is 5.91 Å². The molecule has 30 heavy (non-hydrogen) atoms. The molecule has 6 nitrogen and oxygen atoms in total. The first-order chi connectivity index (χ1) is 14.6. The maximum Gasteiger partial charge on any atom is 0.226 e. The van der Waals surface area contributed by atoms with E-state index in [0.29, 0.717) is 53.1 Å². The third-order valence-electron chi connectivity index (χ3n) is 4.17. The number of benzene rings is 2. The molecule has 154 valence electrons. The first-order valence-corrected chi connectivity index (χ1v) is 10.5.